The number of hydrogen-bond acceptors (Lipinski definition) is 4. The van der Waals surface area contributed by atoms with Crippen molar-refractivity contribution in [3.05, 3.63) is 29.8 Å². The molecule has 4 nitrogen and oxygen atoms in total. The summed E-state index contributed by atoms with van der Waals surface area (Å²) in [4.78, 5) is 14.3. The van der Waals surface area contributed by atoms with Gasteiger partial charge in [-0.1, -0.05) is 18.2 Å². The molecule has 1 saturated carbocycles. The highest BCUT2D eigenvalue weighted by Crippen LogP contribution is 2.40. The first-order chi connectivity index (χ1) is 9.49. The van der Waals surface area contributed by atoms with Gasteiger partial charge >= 0.3 is 5.97 Å². The van der Waals surface area contributed by atoms with E-state index in [2.05, 4.69) is 17.9 Å². The van der Waals surface area contributed by atoms with Crippen LogP contribution < -0.4 is 10.6 Å². The molecule has 0 spiro atoms. The number of anilines is 1. The van der Waals surface area contributed by atoms with Crippen LogP contribution >= 0.6 is 0 Å². The Balaban J connectivity index is 2.16. The third-order valence-electron chi connectivity index (χ3n) is 3.99. The molecule has 4 heteroatoms. The molecule has 20 heavy (non-hydrogen) atoms. The molecule has 1 aliphatic carbocycles. The van der Waals surface area contributed by atoms with Crippen LogP contribution in [0.5, 0.6) is 0 Å². The number of hydrogen-bond donors (Lipinski definition) is 1. The standard InChI is InChI=1S/C16H24N2O2/c1-4-20-15(19)16(17,13-9-10-13)11-18(3)14-8-6-5-7-12(14)2/h5-8,13H,4,9-11,17H2,1-3H3. The van der Waals surface area contributed by atoms with Gasteiger partial charge in [0.05, 0.1) is 6.61 Å². The largest absolute Gasteiger partial charge is 0.465 e. The number of nitrogens with zero attached hydrogens (tertiary/aromatic N) is 1. The van der Waals surface area contributed by atoms with Crippen LogP contribution in [0.1, 0.15) is 25.3 Å². The predicted octanol–water partition coefficient (Wildman–Crippen LogP) is 2.10. The summed E-state index contributed by atoms with van der Waals surface area (Å²) in [5, 5.41) is 0. The Labute approximate surface area is 120 Å². The van der Waals surface area contributed by atoms with Gasteiger partial charge < -0.3 is 15.4 Å². The van der Waals surface area contributed by atoms with E-state index in [1.807, 2.05) is 32.2 Å². The van der Waals surface area contributed by atoms with Crippen LogP contribution in [0.15, 0.2) is 24.3 Å². The molecule has 0 aliphatic heterocycles. The summed E-state index contributed by atoms with van der Waals surface area (Å²) in [6.07, 6.45) is 2.02. The smallest absolute Gasteiger partial charge is 0.328 e. The van der Waals surface area contributed by atoms with Crippen LogP contribution in [-0.4, -0.2) is 31.7 Å². The Morgan fingerprint density at radius 1 is 1.45 bits per heavy atom. The molecule has 0 heterocycles. The molecule has 0 amide bonds. The summed E-state index contributed by atoms with van der Waals surface area (Å²) in [5.41, 5.74) is 7.79. The Kier molecular flexibility index (Phi) is 4.33. The fraction of sp³-hybridized carbons (Fsp3) is 0.562. The Bertz CT molecular complexity index is 485. The molecule has 2 rings (SSSR count). The number of carbonyl (C=O) groups excluding carboxylic acids is 1. The summed E-state index contributed by atoms with van der Waals surface area (Å²) in [7, 11) is 1.98. The highest BCUT2D eigenvalue weighted by Gasteiger charge is 2.49. The van der Waals surface area contributed by atoms with Crippen molar-refractivity contribution in [3.8, 4) is 0 Å². The van der Waals surface area contributed by atoms with Crippen molar-refractivity contribution < 1.29 is 9.53 Å². The van der Waals surface area contributed by atoms with E-state index in [9.17, 15) is 4.79 Å². The van der Waals surface area contributed by atoms with Crippen LogP contribution in [0.2, 0.25) is 0 Å². The Morgan fingerprint density at radius 3 is 2.65 bits per heavy atom. The molecule has 0 bridgehead atoms. The van der Waals surface area contributed by atoms with Crippen LogP contribution in [0.3, 0.4) is 0 Å². The van der Waals surface area contributed by atoms with Crippen molar-refractivity contribution >= 4 is 11.7 Å². The highest BCUT2D eigenvalue weighted by atomic mass is 16.5. The van der Waals surface area contributed by atoms with E-state index in [1.165, 1.54) is 5.56 Å². The highest BCUT2D eigenvalue weighted by molar-refractivity contribution is 5.82. The molecule has 0 radical (unpaired) electrons. The second-order valence-electron chi connectivity index (χ2n) is 5.68. The molecule has 1 aromatic rings. The third-order valence-corrected chi connectivity index (χ3v) is 3.99. The van der Waals surface area contributed by atoms with E-state index in [-0.39, 0.29) is 11.9 Å². The molecule has 1 unspecified atom stereocenters. The summed E-state index contributed by atoms with van der Waals surface area (Å²) >= 11 is 0. The SMILES string of the molecule is CCOC(=O)C(N)(CN(C)c1ccccc1C)C1CC1. The van der Waals surface area contributed by atoms with E-state index in [0.717, 1.165) is 18.5 Å². The molecular formula is C16H24N2O2. The molecule has 1 aliphatic rings. The zero-order valence-electron chi connectivity index (χ0n) is 12.6. The van der Waals surface area contributed by atoms with E-state index in [1.54, 1.807) is 0 Å². The lowest BCUT2D eigenvalue weighted by atomic mass is 9.93. The lowest BCUT2D eigenvalue weighted by molar-refractivity contribution is -0.150. The van der Waals surface area contributed by atoms with Gasteiger partial charge in [0.25, 0.3) is 0 Å². The first-order valence-corrected chi connectivity index (χ1v) is 7.22. The molecule has 0 saturated heterocycles. The van der Waals surface area contributed by atoms with Gasteiger partial charge in [0.1, 0.15) is 5.54 Å². The van der Waals surface area contributed by atoms with Crippen molar-refractivity contribution in [1.82, 2.24) is 0 Å². The fourth-order valence-electron chi connectivity index (χ4n) is 2.69. The second-order valence-corrected chi connectivity index (χ2v) is 5.68. The first-order valence-electron chi connectivity index (χ1n) is 7.22. The fourth-order valence-corrected chi connectivity index (χ4v) is 2.69. The second kappa shape index (κ2) is 5.83. The maximum Gasteiger partial charge on any atom is 0.328 e. The van der Waals surface area contributed by atoms with Crippen molar-refractivity contribution in [3.63, 3.8) is 0 Å². The van der Waals surface area contributed by atoms with Crippen molar-refractivity contribution in [2.45, 2.75) is 32.2 Å². The van der Waals surface area contributed by atoms with Crippen LogP contribution in [0.4, 0.5) is 5.69 Å². The predicted molar refractivity (Wildman–Crippen MR) is 80.7 cm³/mol. The summed E-state index contributed by atoms with van der Waals surface area (Å²) < 4.78 is 5.18. The van der Waals surface area contributed by atoms with Gasteiger partial charge in [-0.2, -0.15) is 0 Å². The van der Waals surface area contributed by atoms with Gasteiger partial charge in [-0.05, 0) is 44.2 Å². The summed E-state index contributed by atoms with van der Waals surface area (Å²) in [6, 6.07) is 8.12. The maximum absolute atomic E-state index is 12.2. The molecule has 1 atom stereocenters. The minimum atomic E-state index is -0.896. The minimum Gasteiger partial charge on any atom is -0.465 e. The van der Waals surface area contributed by atoms with E-state index in [4.69, 9.17) is 10.5 Å². The maximum atomic E-state index is 12.2. The zero-order valence-corrected chi connectivity index (χ0v) is 12.6. The van der Waals surface area contributed by atoms with E-state index in [0.29, 0.717) is 13.2 Å². The number of rotatable bonds is 6. The average molecular weight is 276 g/mol. The topological polar surface area (TPSA) is 55.6 Å². The number of ether oxygens (including phenoxy) is 1. The van der Waals surface area contributed by atoms with Crippen molar-refractivity contribution in [2.24, 2.45) is 11.7 Å². The number of likely N-dealkylation sites (N-methyl/N-ethyl adjacent to an activating group) is 1. The van der Waals surface area contributed by atoms with Gasteiger partial charge in [0.2, 0.25) is 0 Å². The Morgan fingerprint density at radius 2 is 2.10 bits per heavy atom. The van der Waals surface area contributed by atoms with Crippen molar-refractivity contribution in [1.29, 1.82) is 0 Å². The molecule has 1 fully saturated rings. The lowest BCUT2D eigenvalue weighted by Gasteiger charge is -2.33. The van der Waals surface area contributed by atoms with Gasteiger partial charge in [-0.25, -0.2) is 4.79 Å². The van der Waals surface area contributed by atoms with Crippen LogP contribution in [0.25, 0.3) is 0 Å². The van der Waals surface area contributed by atoms with Gasteiger partial charge in [-0.3, -0.25) is 0 Å². The number of benzene rings is 1. The van der Waals surface area contributed by atoms with Gasteiger partial charge in [-0.15, -0.1) is 0 Å². The number of esters is 1. The Hall–Kier alpha value is -1.55. The van der Waals surface area contributed by atoms with Crippen LogP contribution in [0, 0.1) is 12.8 Å². The normalized spacial score (nSPS) is 17.4. The quantitative estimate of drug-likeness (QED) is 0.808. The lowest BCUT2D eigenvalue weighted by Crippen LogP contribution is -2.58. The first kappa shape index (κ1) is 14.9. The number of para-hydroxylation sites is 1. The van der Waals surface area contributed by atoms with Crippen molar-refractivity contribution in [2.75, 3.05) is 25.1 Å². The number of carbonyl (C=O) groups is 1. The molecule has 2 N–H and O–H groups in total. The van der Waals surface area contributed by atoms with Gasteiger partial charge in [0.15, 0.2) is 0 Å². The molecule has 1 aromatic carbocycles. The zero-order chi connectivity index (χ0) is 14.8. The minimum absolute atomic E-state index is 0.244. The number of aryl methyl sites for hydroxylation is 1. The van der Waals surface area contributed by atoms with E-state index >= 15 is 0 Å². The van der Waals surface area contributed by atoms with E-state index < -0.39 is 5.54 Å². The monoisotopic (exact) mass is 276 g/mol. The summed E-state index contributed by atoms with van der Waals surface area (Å²) in [5.74, 6) is -0.0315. The average Bonchev–Trinajstić information content (AvgIpc) is 3.23. The third kappa shape index (κ3) is 2.96. The number of nitrogens with two attached hydrogens (primary N) is 1. The molecular weight excluding hydrogens is 252 g/mol. The molecule has 0 aromatic heterocycles. The van der Waals surface area contributed by atoms with Gasteiger partial charge in [0, 0.05) is 19.3 Å². The molecule has 110 valence electrons. The van der Waals surface area contributed by atoms with Crippen LogP contribution in [-0.2, 0) is 9.53 Å². The summed E-state index contributed by atoms with van der Waals surface area (Å²) in [6.45, 7) is 4.74.